The minimum atomic E-state index is 0.943. The highest BCUT2D eigenvalue weighted by molar-refractivity contribution is 6.31. The van der Waals surface area contributed by atoms with Crippen LogP contribution in [0.1, 0.15) is 385 Å². The molecule has 0 aliphatic rings. The normalized spacial score (nSPS) is 12.2. The lowest BCUT2D eigenvalue weighted by molar-refractivity contribution is 0.516. The van der Waals surface area contributed by atoms with Crippen molar-refractivity contribution in [3.63, 3.8) is 0 Å². The largest absolute Gasteiger partial charge is 0.255 e. The van der Waals surface area contributed by atoms with E-state index in [4.69, 9.17) is 9.98 Å². The first-order valence-electron chi connectivity index (χ1n) is 35.4. The summed E-state index contributed by atoms with van der Waals surface area (Å²) >= 11 is 0. The van der Waals surface area contributed by atoms with E-state index in [9.17, 15) is 0 Å². The molecular weight excluding hydrogens is 941 g/mol. The quantitative estimate of drug-likeness (QED) is 0.0466. The molecule has 0 amide bonds. The van der Waals surface area contributed by atoms with Crippen LogP contribution in [0, 0.1) is 0 Å². The lowest BCUT2D eigenvalue weighted by Crippen LogP contribution is -1.99. The van der Waals surface area contributed by atoms with Gasteiger partial charge in [-0.1, -0.05) is 384 Å². The van der Waals surface area contributed by atoms with Crippen molar-refractivity contribution in [2.75, 3.05) is 0 Å². The first kappa shape index (κ1) is 71.4. The molecule has 0 aliphatic heterocycles. The van der Waals surface area contributed by atoms with Crippen molar-refractivity contribution in [2.24, 2.45) is 9.98 Å². The fourth-order valence-corrected chi connectivity index (χ4v) is 11.5. The average molecular weight is 1070 g/mol. The number of aliphatic imine (C=N–C) groups is 2. The Morgan fingerprint density at radius 3 is 0.846 bits per heavy atom. The molecule has 0 bridgehead atoms. The van der Waals surface area contributed by atoms with Crippen molar-refractivity contribution < 1.29 is 0 Å². The Labute approximate surface area is 488 Å². The predicted molar refractivity (Wildman–Crippen MR) is 357 cm³/mol. The number of rotatable bonds is 60. The number of unbranched alkanes of at least 4 members (excludes halogenated alkanes) is 51. The highest BCUT2D eigenvalue weighted by atomic mass is 14.8. The summed E-state index contributed by atoms with van der Waals surface area (Å²) in [4.78, 5) is 10.0. The van der Waals surface area contributed by atoms with Gasteiger partial charge < -0.3 is 0 Å². The summed E-state index contributed by atoms with van der Waals surface area (Å²) in [5.74, 6) is 0. The molecule has 0 saturated heterocycles. The van der Waals surface area contributed by atoms with E-state index in [0.717, 1.165) is 49.2 Å². The Balaban J connectivity index is 1.46. The van der Waals surface area contributed by atoms with Crippen LogP contribution < -0.4 is 0 Å². The van der Waals surface area contributed by atoms with Crippen LogP contribution in [0.5, 0.6) is 0 Å². The van der Waals surface area contributed by atoms with Crippen molar-refractivity contribution in [2.45, 2.75) is 374 Å². The molecule has 0 radical (unpaired) electrons. The van der Waals surface area contributed by atoms with E-state index < -0.39 is 0 Å². The molecule has 0 unspecified atom stereocenters. The molecule has 0 aliphatic carbocycles. The Morgan fingerprint density at radius 2 is 0.551 bits per heavy atom. The maximum atomic E-state index is 5.10. The first-order valence-corrected chi connectivity index (χ1v) is 35.4. The van der Waals surface area contributed by atoms with Crippen LogP contribution in [-0.4, -0.2) is 11.9 Å². The summed E-state index contributed by atoms with van der Waals surface area (Å²) in [7, 11) is 0. The topological polar surface area (TPSA) is 24.7 Å². The van der Waals surface area contributed by atoms with Gasteiger partial charge in [-0.05, 0) is 73.9 Å². The van der Waals surface area contributed by atoms with Gasteiger partial charge in [0.1, 0.15) is 0 Å². The minimum Gasteiger partial charge on any atom is -0.255 e. The Kier molecular flexibility index (Phi) is 53.9. The number of nitrogens with zero attached hydrogens (tertiary/aromatic N) is 2. The molecule has 2 rings (SSSR count). The van der Waals surface area contributed by atoms with Crippen LogP contribution in [0.25, 0.3) is 12.2 Å². The molecule has 2 aromatic carbocycles. The van der Waals surface area contributed by atoms with E-state index in [-0.39, 0.29) is 0 Å². The third kappa shape index (κ3) is 49.1. The summed E-state index contributed by atoms with van der Waals surface area (Å²) in [5, 5.41) is 0. The van der Waals surface area contributed by atoms with Crippen molar-refractivity contribution in [1.82, 2.24) is 0 Å². The minimum absolute atomic E-state index is 0.943. The molecule has 0 fully saturated rings. The summed E-state index contributed by atoms with van der Waals surface area (Å²) in [6, 6.07) is 17.4. The van der Waals surface area contributed by atoms with Crippen LogP contribution >= 0.6 is 0 Å². The van der Waals surface area contributed by atoms with Crippen LogP contribution in [0.4, 0.5) is 11.4 Å². The Bertz CT molecular complexity index is 1650. The van der Waals surface area contributed by atoms with E-state index in [2.05, 4.69) is 93.6 Å². The number of allylic oxidation sites excluding steroid dienone is 2. The molecule has 2 nitrogen and oxygen atoms in total. The van der Waals surface area contributed by atoms with E-state index >= 15 is 0 Å². The molecule has 0 atom stereocenters. The highest BCUT2D eigenvalue weighted by Crippen LogP contribution is 2.22. The first-order chi connectivity index (χ1) is 38.7. The molecule has 0 aromatic heterocycles. The van der Waals surface area contributed by atoms with Gasteiger partial charge in [-0.2, -0.15) is 0 Å². The fourth-order valence-electron chi connectivity index (χ4n) is 11.5. The third-order valence-electron chi connectivity index (χ3n) is 16.7. The molecule has 2 heteroatoms. The van der Waals surface area contributed by atoms with Gasteiger partial charge in [-0.15, -0.1) is 0 Å². The van der Waals surface area contributed by atoms with Gasteiger partial charge in [0.2, 0.25) is 0 Å². The second-order valence-corrected chi connectivity index (χ2v) is 24.5. The van der Waals surface area contributed by atoms with Gasteiger partial charge in [0, 0.05) is 6.21 Å². The van der Waals surface area contributed by atoms with Crippen molar-refractivity contribution in [3.8, 4) is 0 Å². The SMILES string of the molecule is CCCCCCCCCCCCCCCCCCCCCCCCCCCC=Cc1cccc(N=CC(CCCC)=Nc2cccc(C=CCCCCCCCCCCCCCCCCCCCCCCCCCCC)c2)c1. The zero-order chi connectivity index (χ0) is 55.4. The number of benzene rings is 2. The molecule has 2 aromatic rings. The van der Waals surface area contributed by atoms with Gasteiger partial charge in [0.15, 0.2) is 0 Å². The zero-order valence-electron chi connectivity index (χ0n) is 52.8. The maximum absolute atomic E-state index is 5.10. The summed E-state index contributed by atoms with van der Waals surface area (Å²) < 4.78 is 0. The second-order valence-electron chi connectivity index (χ2n) is 24.5. The van der Waals surface area contributed by atoms with Crippen LogP contribution in [0.3, 0.4) is 0 Å². The summed E-state index contributed by atoms with van der Waals surface area (Å²) in [6.07, 6.45) is 89.0. The van der Waals surface area contributed by atoms with Gasteiger partial charge >= 0.3 is 0 Å². The number of hydrogen-bond acceptors (Lipinski definition) is 2. The highest BCUT2D eigenvalue weighted by Gasteiger charge is 2.02. The lowest BCUT2D eigenvalue weighted by atomic mass is 10.0. The number of hydrogen-bond donors (Lipinski definition) is 0. The van der Waals surface area contributed by atoms with Gasteiger partial charge in [-0.25, -0.2) is 0 Å². The zero-order valence-corrected chi connectivity index (χ0v) is 52.8. The predicted octanol–water partition coefficient (Wildman–Crippen LogP) is 27.7. The third-order valence-corrected chi connectivity index (χ3v) is 16.7. The van der Waals surface area contributed by atoms with Gasteiger partial charge in [0.25, 0.3) is 0 Å². The standard InChI is InChI=1S/C76H132N2/c1-4-7-10-12-14-16-18-20-22-24-26-28-30-32-34-36-38-40-42-44-46-48-50-52-54-56-58-62-72-64-60-67-74(69-72)77-71-76(66-9-6-3)78-75-68-61-65-73(70-75)63-59-57-55-53-51-49-47-45-43-41-39-37-35-33-31-29-27-25-23-21-19-17-15-13-11-8-5-2/h58-65,67-71H,4-57,66H2,1-3H3. The molecular formula is C76H132N2. The van der Waals surface area contributed by atoms with Gasteiger partial charge in [-0.3, -0.25) is 9.98 Å². The second kappa shape index (κ2) is 58.9. The van der Waals surface area contributed by atoms with Crippen LogP contribution in [-0.2, 0) is 0 Å². The van der Waals surface area contributed by atoms with E-state index in [1.165, 1.54) is 332 Å². The Hall–Kier alpha value is -2.74. The van der Waals surface area contributed by atoms with E-state index in [1.807, 2.05) is 6.21 Å². The van der Waals surface area contributed by atoms with Crippen molar-refractivity contribution >= 4 is 35.5 Å². The fraction of sp³-hybridized carbons (Fsp3) is 0.763. The lowest BCUT2D eigenvalue weighted by Gasteiger charge is -2.04. The summed E-state index contributed by atoms with van der Waals surface area (Å²) in [6.45, 7) is 6.87. The Morgan fingerprint density at radius 1 is 0.295 bits per heavy atom. The summed E-state index contributed by atoms with van der Waals surface area (Å²) in [5.41, 5.74) is 5.55. The molecule has 446 valence electrons. The van der Waals surface area contributed by atoms with Gasteiger partial charge in [0.05, 0.1) is 17.1 Å². The van der Waals surface area contributed by atoms with E-state index in [0.29, 0.717) is 0 Å². The van der Waals surface area contributed by atoms with Crippen LogP contribution in [0.2, 0.25) is 0 Å². The molecule has 0 saturated carbocycles. The van der Waals surface area contributed by atoms with Crippen molar-refractivity contribution in [1.29, 1.82) is 0 Å². The monoisotopic (exact) mass is 1070 g/mol. The molecule has 0 N–H and O–H groups in total. The van der Waals surface area contributed by atoms with Crippen molar-refractivity contribution in [3.05, 3.63) is 71.8 Å². The maximum Gasteiger partial charge on any atom is 0.0639 e. The average Bonchev–Trinajstić information content (AvgIpc) is 3.46. The smallest absolute Gasteiger partial charge is 0.0639 e. The molecule has 78 heavy (non-hydrogen) atoms. The van der Waals surface area contributed by atoms with Crippen LogP contribution in [0.15, 0.2) is 70.7 Å². The molecule has 0 heterocycles. The molecule has 0 spiro atoms. The van der Waals surface area contributed by atoms with E-state index in [1.54, 1.807) is 0 Å².